The van der Waals surface area contributed by atoms with Crippen LogP contribution in [0.25, 0.3) is 0 Å². The average Bonchev–Trinajstić information content (AvgIpc) is 3.00. The summed E-state index contributed by atoms with van der Waals surface area (Å²) in [6.45, 7) is 3.52. The Kier molecular flexibility index (Phi) is 10.1. The maximum Gasteiger partial charge on any atom is 0.411 e. The lowest BCUT2D eigenvalue weighted by atomic mass is 10.2. The first-order valence-corrected chi connectivity index (χ1v) is 15.0. The topological polar surface area (TPSA) is 204 Å². The number of hydrogen-bond acceptors (Lipinski definition) is 7. The number of carbonyl (C=O) groups excluding carboxylic acids is 3. The Labute approximate surface area is 264 Å². The van der Waals surface area contributed by atoms with Gasteiger partial charge in [0.2, 0.25) is 9.84 Å². The number of hydrogen-bond donors (Lipinski definition) is 7. The number of carbonyl (C=O) groups is 4. The number of carboxylic acid groups (broad SMARTS) is 1. The molecule has 46 heavy (non-hydrogen) atoms. The van der Waals surface area contributed by atoms with E-state index in [0.29, 0.717) is 34.0 Å². The molecule has 0 bridgehead atoms. The van der Waals surface area contributed by atoms with Crippen LogP contribution >= 0.6 is 0 Å². The van der Waals surface area contributed by atoms with Crippen molar-refractivity contribution in [1.82, 2.24) is 0 Å². The molecule has 0 fully saturated rings. The van der Waals surface area contributed by atoms with Crippen LogP contribution in [-0.2, 0) is 14.6 Å². The van der Waals surface area contributed by atoms with Crippen LogP contribution in [0.15, 0.2) is 94.7 Å². The van der Waals surface area contributed by atoms with E-state index >= 15 is 0 Å². The molecule has 6 amide bonds. The molecule has 0 unspecified atom stereocenters. The summed E-state index contributed by atoms with van der Waals surface area (Å²) < 4.78 is 31.0. The molecule has 0 radical (unpaired) electrons. The Hall–Kier alpha value is -6.09. The standard InChI is InChI=1S/C31H30N6O8S/c1-18-4-6-22(34-30(40)41)16-26(18)36-28(38)32-20-8-12-24(13-9-20)46(43,44)25-14-10-21(11-15-25)33-29(39)37-27-17-23(7-5-19(27)2)35-31(42)45-3/h4-17,34H,1-3H3,(H,35,42)(H,40,41)(H2,32,36,38)(H2,33,37,39). The largest absolute Gasteiger partial charge is 0.465 e. The Morgan fingerprint density at radius 2 is 0.957 bits per heavy atom. The minimum absolute atomic E-state index is 0.0142. The molecule has 0 heterocycles. The van der Waals surface area contributed by atoms with Gasteiger partial charge in [0.05, 0.1) is 16.9 Å². The van der Waals surface area contributed by atoms with Gasteiger partial charge in [-0.05, 0) is 97.8 Å². The minimum atomic E-state index is -3.93. The normalized spacial score (nSPS) is 10.7. The van der Waals surface area contributed by atoms with E-state index in [-0.39, 0.29) is 15.5 Å². The lowest BCUT2D eigenvalue weighted by molar-refractivity contribution is 0.187. The molecule has 238 valence electrons. The summed E-state index contributed by atoms with van der Waals surface area (Å²) in [4.78, 5) is 47.5. The summed E-state index contributed by atoms with van der Waals surface area (Å²) in [7, 11) is -2.69. The van der Waals surface area contributed by atoms with Crippen molar-refractivity contribution in [3.05, 3.63) is 96.1 Å². The highest BCUT2D eigenvalue weighted by atomic mass is 32.2. The van der Waals surface area contributed by atoms with Crippen molar-refractivity contribution in [3.63, 3.8) is 0 Å². The van der Waals surface area contributed by atoms with E-state index in [2.05, 4.69) is 36.6 Å². The molecule has 7 N–H and O–H groups in total. The number of anilines is 6. The fourth-order valence-electron chi connectivity index (χ4n) is 4.10. The van der Waals surface area contributed by atoms with Crippen molar-refractivity contribution in [3.8, 4) is 0 Å². The molecule has 0 aliphatic heterocycles. The number of benzene rings is 4. The highest BCUT2D eigenvalue weighted by Gasteiger charge is 2.18. The maximum atomic E-state index is 13.2. The molecule has 14 nitrogen and oxygen atoms in total. The predicted molar refractivity (Wildman–Crippen MR) is 174 cm³/mol. The Bertz CT molecular complexity index is 1900. The fourth-order valence-corrected chi connectivity index (χ4v) is 5.36. The van der Waals surface area contributed by atoms with Gasteiger partial charge in [0.1, 0.15) is 0 Å². The van der Waals surface area contributed by atoms with E-state index in [1.54, 1.807) is 44.2 Å². The molecule has 4 aromatic carbocycles. The van der Waals surface area contributed by atoms with Crippen molar-refractivity contribution in [2.75, 3.05) is 39.0 Å². The summed E-state index contributed by atoms with van der Waals surface area (Å²) >= 11 is 0. The lowest BCUT2D eigenvalue weighted by Gasteiger charge is -2.13. The second kappa shape index (κ2) is 14.1. The molecule has 0 saturated carbocycles. The van der Waals surface area contributed by atoms with Crippen molar-refractivity contribution in [2.24, 2.45) is 0 Å². The van der Waals surface area contributed by atoms with Gasteiger partial charge in [-0.15, -0.1) is 0 Å². The molecule has 0 spiro atoms. The maximum absolute atomic E-state index is 13.2. The van der Waals surface area contributed by atoms with Gasteiger partial charge in [-0.2, -0.15) is 0 Å². The highest BCUT2D eigenvalue weighted by Crippen LogP contribution is 2.25. The SMILES string of the molecule is COC(=O)Nc1ccc(C)c(NC(=O)Nc2ccc(S(=O)(=O)c3ccc(NC(=O)Nc4cc(NC(=O)O)ccc4C)cc3)cc2)c1. The lowest BCUT2D eigenvalue weighted by Crippen LogP contribution is -2.20. The van der Waals surface area contributed by atoms with Gasteiger partial charge in [0, 0.05) is 34.1 Å². The highest BCUT2D eigenvalue weighted by molar-refractivity contribution is 7.91. The Morgan fingerprint density at radius 3 is 1.35 bits per heavy atom. The van der Waals surface area contributed by atoms with Gasteiger partial charge in [-0.3, -0.25) is 10.6 Å². The van der Waals surface area contributed by atoms with E-state index in [1.807, 2.05) is 0 Å². The number of urea groups is 2. The number of amides is 6. The molecule has 4 aromatic rings. The summed E-state index contributed by atoms with van der Waals surface area (Å²) in [5, 5.41) is 24.2. The molecule has 0 aliphatic carbocycles. The van der Waals surface area contributed by atoms with Crippen molar-refractivity contribution in [2.45, 2.75) is 23.6 Å². The summed E-state index contributed by atoms with van der Waals surface area (Å²) in [6.07, 6.45) is -1.90. The number of methoxy groups -OCH3 is 1. The van der Waals surface area contributed by atoms with Gasteiger partial charge in [-0.25, -0.2) is 27.6 Å². The molecule has 0 atom stereocenters. The second-order valence-corrected chi connectivity index (χ2v) is 11.8. The van der Waals surface area contributed by atoms with Crippen molar-refractivity contribution < 1.29 is 37.4 Å². The Morgan fingerprint density at radius 1 is 0.565 bits per heavy atom. The molecule has 4 rings (SSSR count). The molecule has 0 aromatic heterocycles. The number of nitrogens with one attached hydrogen (secondary N) is 6. The minimum Gasteiger partial charge on any atom is -0.465 e. The number of rotatable bonds is 8. The van der Waals surface area contributed by atoms with Crippen molar-refractivity contribution >= 4 is 68.2 Å². The van der Waals surface area contributed by atoms with Gasteiger partial charge in [-0.1, -0.05) is 12.1 Å². The summed E-state index contributed by atoms with van der Waals surface area (Å²) in [5.41, 5.74) is 3.62. The van der Waals surface area contributed by atoms with E-state index in [9.17, 15) is 27.6 Å². The number of sulfone groups is 1. The number of ether oxygens (including phenoxy) is 1. The third kappa shape index (κ3) is 8.51. The van der Waals surface area contributed by atoms with E-state index < -0.39 is 34.1 Å². The Balaban J connectivity index is 1.36. The molecule has 0 aliphatic rings. The molecule has 15 heteroatoms. The fraction of sp³-hybridized carbons (Fsp3) is 0.0968. The monoisotopic (exact) mass is 646 g/mol. The van der Waals surface area contributed by atoms with Crippen LogP contribution in [0.5, 0.6) is 0 Å². The predicted octanol–water partition coefficient (Wildman–Crippen LogP) is 6.69. The zero-order valence-electron chi connectivity index (χ0n) is 24.8. The third-order valence-electron chi connectivity index (χ3n) is 6.50. The molecule has 0 saturated heterocycles. The van der Waals surface area contributed by atoms with E-state index in [4.69, 9.17) is 5.11 Å². The first kappa shape index (κ1) is 32.8. The summed E-state index contributed by atoms with van der Waals surface area (Å²) in [6, 6.07) is 19.6. The van der Waals surface area contributed by atoms with Gasteiger partial charge >= 0.3 is 24.2 Å². The van der Waals surface area contributed by atoms with Crippen LogP contribution in [0.2, 0.25) is 0 Å². The third-order valence-corrected chi connectivity index (χ3v) is 8.29. The van der Waals surface area contributed by atoms with Gasteiger partial charge < -0.3 is 31.1 Å². The van der Waals surface area contributed by atoms with Crippen LogP contribution in [0, 0.1) is 13.8 Å². The zero-order chi connectivity index (χ0) is 33.4. The summed E-state index contributed by atoms with van der Waals surface area (Å²) in [5.74, 6) is 0. The van der Waals surface area contributed by atoms with Crippen LogP contribution in [0.4, 0.5) is 53.3 Å². The first-order valence-electron chi connectivity index (χ1n) is 13.5. The number of aryl methyl sites for hydroxylation is 2. The van der Waals surface area contributed by atoms with Gasteiger partial charge in [0.25, 0.3) is 0 Å². The molecular weight excluding hydrogens is 616 g/mol. The van der Waals surface area contributed by atoms with Crippen LogP contribution in [0.3, 0.4) is 0 Å². The quantitative estimate of drug-likeness (QED) is 0.110. The van der Waals surface area contributed by atoms with Gasteiger partial charge in [0.15, 0.2) is 0 Å². The zero-order valence-corrected chi connectivity index (χ0v) is 25.6. The first-order chi connectivity index (χ1) is 21.8. The second-order valence-electron chi connectivity index (χ2n) is 9.82. The van der Waals surface area contributed by atoms with E-state index in [0.717, 1.165) is 5.56 Å². The molecular formula is C31H30N6O8S. The van der Waals surface area contributed by atoms with Crippen LogP contribution in [0.1, 0.15) is 11.1 Å². The van der Waals surface area contributed by atoms with Crippen LogP contribution in [-0.4, -0.2) is 44.9 Å². The van der Waals surface area contributed by atoms with Crippen LogP contribution < -0.4 is 31.9 Å². The van der Waals surface area contributed by atoms with Crippen molar-refractivity contribution in [1.29, 1.82) is 0 Å². The average molecular weight is 647 g/mol. The smallest absolute Gasteiger partial charge is 0.411 e. The van der Waals surface area contributed by atoms with E-state index in [1.165, 1.54) is 61.7 Å².